The average Bonchev–Trinajstić information content (AvgIpc) is 2.92. The zero-order valence-corrected chi connectivity index (χ0v) is 23.0. The summed E-state index contributed by atoms with van der Waals surface area (Å²) in [6.45, 7) is 12.2. The van der Waals surface area contributed by atoms with Crippen LogP contribution in [0.25, 0.3) is 0 Å². The second-order valence-electron chi connectivity index (χ2n) is 11.2. The Kier molecular flexibility index (Phi) is 8.13. The number of anilines is 2. The van der Waals surface area contributed by atoms with E-state index in [1.54, 1.807) is 6.07 Å². The number of hydrogen-bond acceptors (Lipinski definition) is 3. The summed E-state index contributed by atoms with van der Waals surface area (Å²) in [5.74, 6) is 0.216. The average molecular weight is 514 g/mol. The number of hydrogen-bond donors (Lipinski definition) is 0. The molecule has 3 aromatic rings. The second-order valence-corrected chi connectivity index (χ2v) is 11.2. The van der Waals surface area contributed by atoms with Crippen LogP contribution in [-0.4, -0.2) is 50.1 Å². The lowest BCUT2D eigenvalue weighted by Gasteiger charge is -2.38. The maximum Gasteiger partial charge on any atom is 0.229 e. The largest absolute Gasteiger partial charge is 0.369 e. The third-order valence-corrected chi connectivity index (χ3v) is 8.31. The third kappa shape index (κ3) is 5.94. The number of benzene rings is 3. The Labute approximate surface area is 227 Å². The quantitative estimate of drug-likeness (QED) is 0.385. The van der Waals surface area contributed by atoms with Crippen molar-refractivity contribution >= 4 is 17.3 Å². The van der Waals surface area contributed by atoms with Crippen LogP contribution >= 0.6 is 0 Å². The highest BCUT2D eigenvalue weighted by Gasteiger charge is 2.34. The summed E-state index contributed by atoms with van der Waals surface area (Å²) in [5, 5.41) is 0. The summed E-state index contributed by atoms with van der Waals surface area (Å²) in [6, 6.07) is 22.2. The Morgan fingerprint density at radius 3 is 2.24 bits per heavy atom. The van der Waals surface area contributed by atoms with Gasteiger partial charge in [0.25, 0.3) is 0 Å². The van der Waals surface area contributed by atoms with E-state index in [4.69, 9.17) is 0 Å². The van der Waals surface area contributed by atoms with E-state index in [1.807, 2.05) is 24.0 Å². The smallest absolute Gasteiger partial charge is 0.229 e. The molecule has 2 fully saturated rings. The van der Waals surface area contributed by atoms with E-state index in [0.717, 1.165) is 67.9 Å². The molecule has 3 aromatic carbocycles. The molecular formula is C33H40FN3O. The third-order valence-electron chi connectivity index (χ3n) is 8.31. The molecule has 1 amide bonds. The number of carbonyl (C=O) groups is 1. The highest BCUT2D eigenvalue weighted by atomic mass is 19.1. The molecule has 0 aromatic heterocycles. The van der Waals surface area contributed by atoms with E-state index in [2.05, 4.69) is 66.1 Å². The minimum absolute atomic E-state index is 0.0615. The van der Waals surface area contributed by atoms with Gasteiger partial charge in [-0.3, -0.25) is 9.69 Å². The van der Waals surface area contributed by atoms with Gasteiger partial charge in [0.15, 0.2) is 0 Å². The lowest BCUT2D eigenvalue weighted by molar-refractivity contribution is -0.124. The number of rotatable bonds is 7. The molecule has 0 radical (unpaired) electrons. The zero-order valence-electron chi connectivity index (χ0n) is 23.0. The van der Waals surface area contributed by atoms with E-state index in [0.29, 0.717) is 13.0 Å². The van der Waals surface area contributed by atoms with Gasteiger partial charge in [0.1, 0.15) is 5.82 Å². The first-order valence-corrected chi connectivity index (χ1v) is 14.1. The predicted octanol–water partition coefficient (Wildman–Crippen LogP) is 6.04. The van der Waals surface area contributed by atoms with Crippen molar-refractivity contribution in [1.29, 1.82) is 0 Å². The first-order chi connectivity index (χ1) is 18.4. The number of halogens is 1. The lowest BCUT2D eigenvalue weighted by Crippen LogP contribution is -2.47. The molecular weight excluding hydrogens is 473 g/mol. The molecule has 0 saturated carbocycles. The van der Waals surface area contributed by atoms with Crippen molar-refractivity contribution in [1.82, 2.24) is 4.90 Å². The van der Waals surface area contributed by atoms with Crippen LogP contribution < -0.4 is 9.80 Å². The van der Waals surface area contributed by atoms with Gasteiger partial charge in [0, 0.05) is 56.6 Å². The molecule has 2 heterocycles. The first-order valence-electron chi connectivity index (χ1n) is 14.1. The number of piperazine rings is 1. The summed E-state index contributed by atoms with van der Waals surface area (Å²) < 4.78 is 14.3. The van der Waals surface area contributed by atoms with Gasteiger partial charge in [-0.05, 0) is 79.5 Å². The van der Waals surface area contributed by atoms with Gasteiger partial charge in [0.05, 0.1) is 0 Å². The van der Waals surface area contributed by atoms with Crippen LogP contribution in [0.2, 0.25) is 0 Å². The van der Waals surface area contributed by atoms with Crippen LogP contribution in [-0.2, 0) is 17.6 Å². The van der Waals surface area contributed by atoms with Crippen molar-refractivity contribution in [2.75, 3.05) is 49.1 Å². The molecule has 2 saturated heterocycles. The van der Waals surface area contributed by atoms with Crippen LogP contribution in [0.15, 0.2) is 66.7 Å². The van der Waals surface area contributed by atoms with Gasteiger partial charge in [-0.15, -0.1) is 0 Å². The molecule has 0 N–H and O–H groups in total. The second kappa shape index (κ2) is 11.7. The van der Waals surface area contributed by atoms with E-state index in [-0.39, 0.29) is 23.6 Å². The van der Waals surface area contributed by atoms with Crippen LogP contribution in [0.4, 0.5) is 15.8 Å². The van der Waals surface area contributed by atoms with E-state index >= 15 is 0 Å². The monoisotopic (exact) mass is 513 g/mol. The molecule has 5 heteroatoms. The molecule has 0 spiro atoms. The Morgan fingerprint density at radius 2 is 1.55 bits per heavy atom. The molecule has 2 atom stereocenters. The summed E-state index contributed by atoms with van der Waals surface area (Å²) >= 11 is 0. The maximum atomic E-state index is 14.3. The maximum absolute atomic E-state index is 14.3. The highest BCUT2D eigenvalue weighted by Crippen LogP contribution is 2.34. The minimum atomic E-state index is -0.151. The Hall–Kier alpha value is -3.18. The summed E-state index contributed by atoms with van der Waals surface area (Å²) in [6.07, 6.45) is 2.47. The predicted molar refractivity (Wildman–Crippen MR) is 154 cm³/mol. The number of piperidine rings is 1. The Balaban J connectivity index is 1.22. The van der Waals surface area contributed by atoms with Crippen molar-refractivity contribution in [2.45, 2.75) is 40.0 Å². The van der Waals surface area contributed by atoms with E-state index in [9.17, 15) is 9.18 Å². The van der Waals surface area contributed by atoms with Gasteiger partial charge in [-0.2, -0.15) is 0 Å². The van der Waals surface area contributed by atoms with Crippen molar-refractivity contribution in [3.63, 3.8) is 0 Å². The molecule has 0 aliphatic carbocycles. The van der Waals surface area contributed by atoms with Crippen LogP contribution in [0, 0.1) is 31.5 Å². The van der Waals surface area contributed by atoms with Crippen LogP contribution in [0.1, 0.15) is 35.6 Å². The Morgan fingerprint density at radius 1 is 0.895 bits per heavy atom. The van der Waals surface area contributed by atoms with E-state index in [1.165, 1.54) is 17.3 Å². The number of amides is 1. The fourth-order valence-corrected chi connectivity index (χ4v) is 6.39. The van der Waals surface area contributed by atoms with Crippen molar-refractivity contribution in [3.8, 4) is 0 Å². The fraction of sp³-hybridized carbons (Fsp3) is 0.424. The number of nitrogens with zero attached hydrogens (tertiary/aromatic N) is 3. The van der Waals surface area contributed by atoms with Crippen LogP contribution in [0.5, 0.6) is 0 Å². The van der Waals surface area contributed by atoms with Gasteiger partial charge < -0.3 is 9.80 Å². The molecule has 2 aliphatic heterocycles. The molecule has 200 valence electrons. The molecule has 0 bridgehead atoms. The zero-order chi connectivity index (χ0) is 26.6. The van der Waals surface area contributed by atoms with Crippen molar-refractivity contribution < 1.29 is 9.18 Å². The highest BCUT2D eigenvalue weighted by molar-refractivity contribution is 5.97. The molecule has 5 rings (SSSR count). The van der Waals surface area contributed by atoms with E-state index < -0.39 is 0 Å². The standard InChI is InChI=1S/C33H40FN3O/c1-24-19-27(13-14-35-15-17-36(18-16-35)30-10-5-4-6-11-30)20-25(2)32(24)37-23-28(21-26(3)33(37)38)22-29-9-7-8-12-31(29)34/h4-12,19-20,26,28H,13-18,21-23H2,1-3H3/t26-,28-/m1/s1. The fourth-order valence-electron chi connectivity index (χ4n) is 6.39. The van der Waals surface area contributed by atoms with Crippen molar-refractivity contribution in [3.05, 3.63) is 94.8 Å². The summed E-state index contributed by atoms with van der Waals surface area (Å²) in [7, 11) is 0. The Bertz CT molecular complexity index is 1230. The number of para-hydroxylation sites is 1. The summed E-state index contributed by atoms with van der Waals surface area (Å²) in [4.78, 5) is 20.3. The topological polar surface area (TPSA) is 26.8 Å². The lowest BCUT2D eigenvalue weighted by atomic mass is 9.84. The molecule has 4 nitrogen and oxygen atoms in total. The summed E-state index contributed by atoms with van der Waals surface area (Å²) in [5.41, 5.74) is 6.73. The minimum Gasteiger partial charge on any atom is -0.369 e. The molecule has 0 unspecified atom stereocenters. The molecule has 38 heavy (non-hydrogen) atoms. The van der Waals surface area contributed by atoms with Gasteiger partial charge in [-0.1, -0.05) is 55.5 Å². The van der Waals surface area contributed by atoms with Gasteiger partial charge in [-0.25, -0.2) is 4.39 Å². The van der Waals surface area contributed by atoms with Gasteiger partial charge >= 0.3 is 0 Å². The first kappa shape index (κ1) is 26.4. The van der Waals surface area contributed by atoms with Crippen molar-refractivity contribution in [2.24, 2.45) is 11.8 Å². The molecule has 2 aliphatic rings. The van der Waals surface area contributed by atoms with Crippen LogP contribution in [0.3, 0.4) is 0 Å². The normalized spacial score (nSPS) is 20.7. The SMILES string of the molecule is Cc1cc(CCN2CCN(c3ccccc3)CC2)cc(C)c1N1C[C@@H](Cc2ccccc2F)C[C@@H](C)C1=O. The number of carbonyl (C=O) groups excluding carboxylic acids is 1. The number of aryl methyl sites for hydroxylation is 2. The van der Waals surface area contributed by atoms with Gasteiger partial charge in [0.2, 0.25) is 5.91 Å².